The molecule has 2 aromatic carbocycles. The Kier molecular flexibility index (Phi) is 6.08. The van der Waals surface area contributed by atoms with Crippen molar-refractivity contribution in [2.75, 3.05) is 21.3 Å². The molecule has 7 nitrogen and oxygen atoms in total. The first-order chi connectivity index (χ1) is 15.5. The third kappa shape index (κ3) is 3.68. The Hall–Kier alpha value is -3.48. The molecule has 1 saturated heterocycles. The summed E-state index contributed by atoms with van der Waals surface area (Å²) < 4.78 is 16.0. The molecule has 1 aliphatic carbocycles. The van der Waals surface area contributed by atoms with Gasteiger partial charge in [-0.2, -0.15) is 0 Å². The van der Waals surface area contributed by atoms with Gasteiger partial charge in [0, 0.05) is 11.6 Å². The summed E-state index contributed by atoms with van der Waals surface area (Å²) in [6.45, 7) is 0. The molecule has 0 radical (unpaired) electrons. The Morgan fingerprint density at radius 3 is 2.31 bits per heavy atom. The van der Waals surface area contributed by atoms with Crippen molar-refractivity contribution in [1.29, 1.82) is 0 Å². The number of hydrogen-bond acceptors (Lipinski definition) is 6. The van der Waals surface area contributed by atoms with Crippen molar-refractivity contribution in [3.8, 4) is 17.2 Å². The molecule has 7 heteroatoms. The normalized spacial score (nSPS) is 20.6. The molecule has 4 rings (SSSR count). The van der Waals surface area contributed by atoms with Crippen molar-refractivity contribution in [3.05, 3.63) is 59.2 Å². The van der Waals surface area contributed by atoms with Crippen LogP contribution in [-0.4, -0.2) is 49.1 Å². The number of aliphatic hydroxyl groups is 1. The van der Waals surface area contributed by atoms with Crippen molar-refractivity contribution in [2.45, 2.75) is 37.8 Å². The van der Waals surface area contributed by atoms with Crippen LogP contribution in [0.3, 0.4) is 0 Å². The van der Waals surface area contributed by atoms with E-state index >= 15 is 0 Å². The Morgan fingerprint density at radius 2 is 1.66 bits per heavy atom. The van der Waals surface area contributed by atoms with Crippen LogP contribution in [-0.2, 0) is 9.59 Å². The van der Waals surface area contributed by atoms with Crippen LogP contribution in [0.5, 0.6) is 17.2 Å². The lowest BCUT2D eigenvalue weighted by molar-refractivity contribution is -0.141. The van der Waals surface area contributed by atoms with Crippen molar-refractivity contribution in [1.82, 2.24) is 4.90 Å². The highest BCUT2D eigenvalue weighted by molar-refractivity contribution is 6.46. The lowest BCUT2D eigenvalue weighted by Gasteiger charge is -2.31. The van der Waals surface area contributed by atoms with Gasteiger partial charge in [0.15, 0.2) is 11.5 Å². The number of Topliss-reactive ketones (excluding diaryl/α,β-unsaturated/α-hetero) is 1. The average molecular weight is 437 g/mol. The fraction of sp³-hybridized carbons (Fsp3) is 0.360. The molecule has 2 fully saturated rings. The van der Waals surface area contributed by atoms with E-state index in [1.807, 2.05) is 12.1 Å². The second-order valence-corrected chi connectivity index (χ2v) is 7.99. The number of carbonyl (C=O) groups is 2. The minimum absolute atomic E-state index is 0.0432. The van der Waals surface area contributed by atoms with E-state index in [0.717, 1.165) is 31.2 Å². The molecule has 1 amide bonds. The van der Waals surface area contributed by atoms with Crippen LogP contribution in [0.1, 0.15) is 42.9 Å². The lowest BCUT2D eigenvalue weighted by Crippen LogP contribution is -2.37. The molecule has 1 unspecified atom stereocenters. The summed E-state index contributed by atoms with van der Waals surface area (Å²) in [6, 6.07) is 11.4. The molecule has 0 bridgehead atoms. The van der Waals surface area contributed by atoms with Crippen LogP contribution in [0.2, 0.25) is 0 Å². The zero-order valence-electron chi connectivity index (χ0n) is 18.5. The van der Waals surface area contributed by atoms with Crippen LogP contribution in [0, 0.1) is 0 Å². The number of ether oxygens (including phenoxy) is 3. The van der Waals surface area contributed by atoms with Gasteiger partial charge in [0.05, 0.1) is 32.9 Å². The molecule has 1 N–H and O–H groups in total. The number of benzene rings is 2. The molecule has 168 valence electrons. The van der Waals surface area contributed by atoms with Crippen molar-refractivity contribution in [3.63, 3.8) is 0 Å². The number of ketones is 1. The molecular formula is C25H27NO6. The summed E-state index contributed by atoms with van der Waals surface area (Å²) >= 11 is 0. The molecule has 2 aromatic rings. The van der Waals surface area contributed by atoms with Crippen molar-refractivity contribution in [2.24, 2.45) is 0 Å². The number of likely N-dealkylation sites (tertiary alicyclic amines) is 1. The molecule has 1 saturated carbocycles. The minimum atomic E-state index is -0.693. The van der Waals surface area contributed by atoms with Crippen LogP contribution in [0.15, 0.2) is 48.0 Å². The first-order valence-corrected chi connectivity index (χ1v) is 10.7. The van der Waals surface area contributed by atoms with E-state index < -0.39 is 17.7 Å². The largest absolute Gasteiger partial charge is 0.507 e. The topological polar surface area (TPSA) is 85.3 Å². The number of aliphatic hydroxyl groups excluding tert-OH is 1. The lowest BCUT2D eigenvalue weighted by atomic mass is 9.94. The summed E-state index contributed by atoms with van der Waals surface area (Å²) in [5, 5.41) is 11.3. The second kappa shape index (κ2) is 8.94. The number of methoxy groups -OCH3 is 3. The third-order valence-electron chi connectivity index (χ3n) is 6.26. The van der Waals surface area contributed by atoms with Gasteiger partial charge in [-0.3, -0.25) is 9.59 Å². The standard InChI is InChI=1S/C25H27NO6/c1-30-18-10-6-7-15(13-18)22-21(24(28)25(29)26(22)17-8-4-5-9-17)23(27)16-11-12-19(31-2)20(14-16)32-3/h6-7,10-14,17,22,27H,4-5,8-9H2,1-3H3/b23-21-. The monoisotopic (exact) mass is 437 g/mol. The highest BCUT2D eigenvalue weighted by Crippen LogP contribution is 2.44. The first kappa shape index (κ1) is 21.7. The zero-order chi connectivity index (χ0) is 22.8. The summed E-state index contributed by atoms with van der Waals surface area (Å²) in [5.74, 6) is 0.0336. The van der Waals surface area contributed by atoms with Crippen LogP contribution in [0.25, 0.3) is 5.76 Å². The summed E-state index contributed by atoms with van der Waals surface area (Å²) in [4.78, 5) is 28.0. The van der Waals surface area contributed by atoms with E-state index in [2.05, 4.69) is 0 Å². The van der Waals surface area contributed by atoms with E-state index in [9.17, 15) is 14.7 Å². The van der Waals surface area contributed by atoms with Gasteiger partial charge >= 0.3 is 0 Å². The van der Waals surface area contributed by atoms with Gasteiger partial charge in [-0.25, -0.2) is 0 Å². The summed E-state index contributed by atoms with van der Waals surface area (Å²) in [7, 11) is 4.58. The van der Waals surface area contributed by atoms with Gasteiger partial charge < -0.3 is 24.2 Å². The molecular weight excluding hydrogens is 410 g/mol. The predicted octanol–water partition coefficient (Wildman–Crippen LogP) is 4.08. The van der Waals surface area contributed by atoms with E-state index in [1.54, 1.807) is 42.3 Å². The van der Waals surface area contributed by atoms with Crippen molar-refractivity contribution < 1.29 is 28.9 Å². The quantitative estimate of drug-likeness (QED) is 0.417. The smallest absolute Gasteiger partial charge is 0.295 e. The highest BCUT2D eigenvalue weighted by atomic mass is 16.5. The SMILES string of the molecule is COc1cccc(C2/C(=C(/O)c3ccc(OC)c(OC)c3)C(=O)C(=O)N2C2CCCC2)c1. The Bertz CT molecular complexity index is 1070. The molecule has 0 aromatic heterocycles. The number of amides is 1. The molecule has 32 heavy (non-hydrogen) atoms. The number of hydrogen-bond donors (Lipinski definition) is 1. The van der Waals surface area contributed by atoms with Gasteiger partial charge in [-0.1, -0.05) is 25.0 Å². The Labute approximate surface area is 187 Å². The van der Waals surface area contributed by atoms with Gasteiger partial charge in [0.2, 0.25) is 0 Å². The van der Waals surface area contributed by atoms with Crippen LogP contribution >= 0.6 is 0 Å². The van der Waals surface area contributed by atoms with E-state index in [4.69, 9.17) is 14.2 Å². The maximum Gasteiger partial charge on any atom is 0.295 e. The number of carbonyl (C=O) groups excluding carboxylic acids is 2. The Morgan fingerprint density at radius 1 is 0.938 bits per heavy atom. The number of rotatable bonds is 6. The van der Waals surface area contributed by atoms with E-state index in [1.165, 1.54) is 14.2 Å². The van der Waals surface area contributed by atoms with Gasteiger partial charge in [0.1, 0.15) is 11.5 Å². The van der Waals surface area contributed by atoms with Crippen molar-refractivity contribution >= 4 is 17.4 Å². The van der Waals surface area contributed by atoms with Gasteiger partial charge in [-0.15, -0.1) is 0 Å². The molecule has 2 aliphatic rings. The fourth-order valence-corrected chi connectivity index (χ4v) is 4.69. The average Bonchev–Trinajstić information content (AvgIpc) is 3.44. The van der Waals surface area contributed by atoms with Crippen LogP contribution in [0.4, 0.5) is 0 Å². The predicted molar refractivity (Wildman–Crippen MR) is 119 cm³/mol. The number of nitrogens with zero attached hydrogens (tertiary/aromatic N) is 1. The second-order valence-electron chi connectivity index (χ2n) is 7.99. The summed E-state index contributed by atoms with van der Waals surface area (Å²) in [5.41, 5.74) is 1.17. The maximum absolute atomic E-state index is 13.2. The highest BCUT2D eigenvalue weighted by Gasteiger charge is 2.49. The summed E-state index contributed by atoms with van der Waals surface area (Å²) in [6.07, 6.45) is 3.69. The minimum Gasteiger partial charge on any atom is -0.507 e. The third-order valence-corrected chi connectivity index (χ3v) is 6.26. The molecule has 0 spiro atoms. The Balaban J connectivity index is 1.89. The molecule has 1 aliphatic heterocycles. The van der Waals surface area contributed by atoms with Crippen LogP contribution < -0.4 is 14.2 Å². The fourth-order valence-electron chi connectivity index (χ4n) is 4.69. The van der Waals surface area contributed by atoms with E-state index in [0.29, 0.717) is 22.8 Å². The first-order valence-electron chi connectivity index (χ1n) is 10.7. The zero-order valence-corrected chi connectivity index (χ0v) is 18.5. The molecule has 1 atom stereocenters. The maximum atomic E-state index is 13.2. The van der Waals surface area contributed by atoms with Gasteiger partial charge in [0.25, 0.3) is 11.7 Å². The van der Waals surface area contributed by atoms with Gasteiger partial charge in [-0.05, 0) is 48.7 Å². The molecule has 1 heterocycles. The van der Waals surface area contributed by atoms with E-state index in [-0.39, 0.29) is 17.4 Å².